The van der Waals surface area contributed by atoms with Gasteiger partial charge in [0.25, 0.3) is 0 Å². The Hall–Kier alpha value is -1.20. The van der Waals surface area contributed by atoms with E-state index in [0.717, 1.165) is 0 Å². The third kappa shape index (κ3) is 1.43. The van der Waals surface area contributed by atoms with Crippen LogP contribution in [0.3, 0.4) is 0 Å². The molecular formula is C14H18O5. The van der Waals surface area contributed by atoms with E-state index in [-0.39, 0.29) is 5.78 Å². The van der Waals surface area contributed by atoms with Crippen molar-refractivity contribution in [2.45, 2.75) is 39.1 Å². The number of ether oxygens (including phenoxy) is 3. The van der Waals surface area contributed by atoms with E-state index in [9.17, 15) is 9.59 Å². The summed E-state index contributed by atoms with van der Waals surface area (Å²) < 4.78 is 17.1. The Kier molecular flexibility index (Phi) is 2.48. The Morgan fingerprint density at radius 1 is 1.32 bits per heavy atom. The predicted molar refractivity (Wildman–Crippen MR) is 65.2 cm³/mol. The van der Waals surface area contributed by atoms with Crippen LogP contribution in [-0.2, 0) is 23.8 Å². The summed E-state index contributed by atoms with van der Waals surface area (Å²) in [4.78, 5) is 23.8. The summed E-state index contributed by atoms with van der Waals surface area (Å²) in [6.07, 6.45) is 3.43. The summed E-state index contributed by atoms with van der Waals surface area (Å²) >= 11 is 0. The van der Waals surface area contributed by atoms with Crippen LogP contribution in [-0.4, -0.2) is 36.9 Å². The average Bonchev–Trinajstić information content (AvgIpc) is 2.80. The minimum Gasteiger partial charge on any atom is -0.455 e. The van der Waals surface area contributed by atoms with Crippen LogP contribution in [0.5, 0.6) is 0 Å². The molecule has 5 nitrogen and oxygen atoms in total. The first-order valence-corrected chi connectivity index (χ1v) is 6.53. The summed E-state index contributed by atoms with van der Waals surface area (Å²) in [7, 11) is 0. The molecule has 4 rings (SSSR count). The molecule has 3 atom stereocenters. The first-order valence-electron chi connectivity index (χ1n) is 6.53. The lowest BCUT2D eigenvalue weighted by atomic mass is 9.54. The molecular weight excluding hydrogens is 248 g/mol. The summed E-state index contributed by atoms with van der Waals surface area (Å²) in [6.45, 7) is 5.94. The molecule has 19 heavy (non-hydrogen) atoms. The molecule has 1 saturated heterocycles. The molecule has 0 aromatic rings. The molecule has 0 radical (unpaired) electrons. The van der Waals surface area contributed by atoms with Crippen molar-refractivity contribution < 1.29 is 23.8 Å². The number of Topliss-reactive ketones (excluding diaryl/α,β-unsaturated/α-hetero) is 1. The molecule has 0 aromatic carbocycles. The summed E-state index contributed by atoms with van der Waals surface area (Å²) in [6, 6.07) is 0. The van der Waals surface area contributed by atoms with E-state index in [4.69, 9.17) is 14.2 Å². The molecule has 1 heterocycles. The normalized spacial score (nSPS) is 42.9. The second-order valence-electron chi connectivity index (χ2n) is 5.99. The molecule has 0 N–H and O–H groups in total. The molecule has 2 unspecified atom stereocenters. The van der Waals surface area contributed by atoms with Gasteiger partial charge in [0.2, 0.25) is 5.79 Å². The van der Waals surface area contributed by atoms with Crippen LogP contribution in [0, 0.1) is 10.8 Å². The van der Waals surface area contributed by atoms with Crippen molar-refractivity contribution in [3.63, 3.8) is 0 Å². The van der Waals surface area contributed by atoms with E-state index >= 15 is 0 Å². The number of esters is 1. The second kappa shape index (κ2) is 3.67. The standard InChI is InChI=1S/C14H18O5/c1-9(15)19-11-13(3)5-4-12(2,8-10(13)16)14(11)17-6-7-18-14/h4-5,11H,6-8H2,1-3H3/t11-,12?,13?/m0/s1. The van der Waals surface area contributed by atoms with Crippen molar-refractivity contribution in [3.8, 4) is 0 Å². The van der Waals surface area contributed by atoms with Crippen LogP contribution in [0.2, 0.25) is 0 Å². The van der Waals surface area contributed by atoms with Crippen molar-refractivity contribution in [2.24, 2.45) is 10.8 Å². The Labute approximate surface area is 111 Å². The maximum absolute atomic E-state index is 12.4. The minimum atomic E-state index is -1.03. The first-order chi connectivity index (χ1) is 8.84. The SMILES string of the molecule is CC(=O)O[C@H]1C2(C)C=CC(C)(CC2=O)C12OCCO2. The number of hydrogen-bond donors (Lipinski definition) is 0. The maximum Gasteiger partial charge on any atom is 0.303 e. The molecule has 2 fully saturated rings. The van der Waals surface area contributed by atoms with Crippen molar-refractivity contribution >= 4 is 11.8 Å². The fraction of sp³-hybridized carbons (Fsp3) is 0.714. The average molecular weight is 266 g/mol. The molecule has 3 aliphatic carbocycles. The monoisotopic (exact) mass is 266 g/mol. The molecule has 5 heteroatoms. The van der Waals surface area contributed by atoms with Crippen molar-refractivity contribution in [1.82, 2.24) is 0 Å². The zero-order valence-corrected chi connectivity index (χ0v) is 11.4. The lowest BCUT2D eigenvalue weighted by molar-refractivity contribution is -0.306. The highest BCUT2D eigenvalue weighted by Crippen LogP contribution is 2.59. The topological polar surface area (TPSA) is 61.8 Å². The zero-order valence-electron chi connectivity index (χ0n) is 11.4. The third-order valence-corrected chi connectivity index (χ3v) is 4.61. The fourth-order valence-corrected chi connectivity index (χ4v) is 3.48. The van der Waals surface area contributed by atoms with Gasteiger partial charge in [0, 0.05) is 13.3 Å². The highest BCUT2D eigenvalue weighted by atomic mass is 16.8. The Bertz CT molecular complexity index is 476. The number of carbonyl (C=O) groups excluding carboxylic acids is 2. The summed E-state index contributed by atoms with van der Waals surface area (Å²) in [5.74, 6) is -1.40. The molecule has 4 aliphatic rings. The van der Waals surface area contributed by atoms with Crippen LogP contribution < -0.4 is 0 Å². The fourth-order valence-electron chi connectivity index (χ4n) is 3.48. The highest BCUT2D eigenvalue weighted by Gasteiger charge is 2.71. The third-order valence-electron chi connectivity index (χ3n) is 4.61. The first kappa shape index (κ1) is 12.8. The van der Waals surface area contributed by atoms with Crippen molar-refractivity contribution in [2.75, 3.05) is 13.2 Å². The zero-order chi connectivity index (χ0) is 13.9. The Morgan fingerprint density at radius 3 is 2.47 bits per heavy atom. The quantitative estimate of drug-likeness (QED) is 0.527. The molecule has 1 aliphatic heterocycles. The van der Waals surface area contributed by atoms with Crippen molar-refractivity contribution in [3.05, 3.63) is 12.2 Å². The molecule has 0 aromatic heterocycles. The van der Waals surface area contributed by atoms with Crippen LogP contribution in [0.1, 0.15) is 27.2 Å². The van der Waals surface area contributed by atoms with Crippen LogP contribution >= 0.6 is 0 Å². The van der Waals surface area contributed by atoms with Gasteiger partial charge in [-0.2, -0.15) is 0 Å². The van der Waals surface area contributed by atoms with Gasteiger partial charge in [-0.15, -0.1) is 0 Å². The van der Waals surface area contributed by atoms with Gasteiger partial charge in [0.15, 0.2) is 6.10 Å². The van der Waals surface area contributed by atoms with Gasteiger partial charge in [-0.05, 0) is 6.92 Å². The van der Waals surface area contributed by atoms with Gasteiger partial charge >= 0.3 is 5.97 Å². The van der Waals surface area contributed by atoms with E-state index in [1.807, 2.05) is 19.1 Å². The number of rotatable bonds is 1. The lowest BCUT2D eigenvalue weighted by Crippen LogP contribution is -2.70. The van der Waals surface area contributed by atoms with Crippen LogP contribution in [0.25, 0.3) is 0 Å². The van der Waals surface area contributed by atoms with Gasteiger partial charge in [-0.1, -0.05) is 19.1 Å². The van der Waals surface area contributed by atoms with E-state index in [2.05, 4.69) is 0 Å². The largest absolute Gasteiger partial charge is 0.455 e. The summed E-state index contributed by atoms with van der Waals surface area (Å²) in [5, 5.41) is 0. The predicted octanol–water partition coefficient (Wildman–Crippen LogP) is 1.22. The van der Waals surface area contributed by atoms with E-state index < -0.39 is 28.7 Å². The lowest BCUT2D eigenvalue weighted by Gasteiger charge is -2.58. The van der Waals surface area contributed by atoms with Crippen molar-refractivity contribution in [1.29, 1.82) is 0 Å². The molecule has 2 bridgehead atoms. The number of carbonyl (C=O) groups is 2. The summed E-state index contributed by atoms with van der Waals surface area (Å²) in [5.41, 5.74) is -1.45. The number of hydrogen-bond acceptors (Lipinski definition) is 5. The molecule has 1 spiro atoms. The van der Waals surface area contributed by atoms with Gasteiger partial charge in [-0.25, -0.2) is 0 Å². The number of fused-ring (bicyclic) bond motifs is 1. The second-order valence-corrected chi connectivity index (χ2v) is 5.99. The molecule has 1 saturated carbocycles. The smallest absolute Gasteiger partial charge is 0.303 e. The van der Waals surface area contributed by atoms with E-state index in [0.29, 0.717) is 19.6 Å². The number of ketones is 1. The van der Waals surface area contributed by atoms with Crippen LogP contribution in [0.15, 0.2) is 12.2 Å². The minimum absolute atomic E-state index is 0.0634. The maximum atomic E-state index is 12.4. The molecule has 0 amide bonds. The molecule has 104 valence electrons. The van der Waals surface area contributed by atoms with Gasteiger partial charge in [0.05, 0.1) is 24.0 Å². The Morgan fingerprint density at radius 2 is 1.95 bits per heavy atom. The van der Waals surface area contributed by atoms with E-state index in [1.165, 1.54) is 6.92 Å². The van der Waals surface area contributed by atoms with Gasteiger partial charge in [0.1, 0.15) is 5.78 Å². The van der Waals surface area contributed by atoms with E-state index in [1.54, 1.807) is 6.92 Å². The van der Waals surface area contributed by atoms with Gasteiger partial charge < -0.3 is 14.2 Å². The highest BCUT2D eigenvalue weighted by molar-refractivity contribution is 5.91. The Balaban J connectivity index is 2.14. The van der Waals surface area contributed by atoms with Gasteiger partial charge in [-0.3, -0.25) is 9.59 Å². The van der Waals surface area contributed by atoms with Crippen LogP contribution in [0.4, 0.5) is 0 Å².